The van der Waals surface area contributed by atoms with Crippen LogP contribution in [0.5, 0.6) is 0 Å². The molecule has 9 nitrogen and oxygen atoms in total. The molecule has 0 spiro atoms. The molecule has 37 heavy (non-hydrogen) atoms. The predicted molar refractivity (Wildman–Crippen MR) is 136 cm³/mol. The number of nitrogens with zero attached hydrogens (tertiary/aromatic N) is 4. The first kappa shape index (κ1) is 30.2. The van der Waals surface area contributed by atoms with E-state index in [4.69, 9.17) is 10.6 Å². The Morgan fingerprint density at radius 3 is 2.32 bits per heavy atom. The van der Waals surface area contributed by atoms with Crippen LogP contribution in [0.3, 0.4) is 0 Å². The normalized spacial score (nSPS) is 13.9. The van der Waals surface area contributed by atoms with Crippen molar-refractivity contribution < 1.29 is 36.9 Å². The molecule has 195 valence electrons. The number of nitrogens with one attached hydrogen (secondary N) is 2. The van der Waals surface area contributed by atoms with Crippen LogP contribution in [0.2, 0.25) is 19.5 Å². The molecule has 0 bridgehead atoms. The van der Waals surface area contributed by atoms with Crippen LogP contribution in [-0.4, -0.2) is 53.5 Å². The number of aromatic nitrogens is 3. The summed E-state index contributed by atoms with van der Waals surface area (Å²) in [5, 5.41) is 11.5. The molecule has 1 amide bonds. The summed E-state index contributed by atoms with van der Waals surface area (Å²) in [5.41, 5.74) is 3.19. The Kier molecular flexibility index (Phi) is 12.4. The molecule has 2 aliphatic rings. The molecule has 13 heteroatoms. The topological polar surface area (TPSA) is 119 Å². The summed E-state index contributed by atoms with van der Waals surface area (Å²) >= 11 is 0. The van der Waals surface area contributed by atoms with Crippen LogP contribution in [0, 0.1) is 11.6 Å². The minimum absolute atomic E-state index is 0. The Morgan fingerprint density at radius 2 is 1.76 bits per heavy atom. The van der Waals surface area contributed by atoms with Crippen LogP contribution in [-0.2, 0) is 36.4 Å². The van der Waals surface area contributed by atoms with Gasteiger partial charge in [0.15, 0.2) is 11.7 Å². The van der Waals surface area contributed by atoms with Gasteiger partial charge in [0.25, 0.3) is 5.91 Å². The van der Waals surface area contributed by atoms with Gasteiger partial charge in [-0.05, 0) is 48.5 Å². The largest absolute Gasteiger partial charge is 0.485 e. The van der Waals surface area contributed by atoms with E-state index in [2.05, 4.69) is 31.9 Å². The van der Waals surface area contributed by atoms with E-state index in [1.807, 2.05) is 5.43 Å². The third-order valence-corrected chi connectivity index (χ3v) is 5.63. The molecule has 0 saturated heterocycles. The number of carbonyl (C=O) groups excluding carboxylic acids is 1. The van der Waals surface area contributed by atoms with Crippen molar-refractivity contribution in [2.45, 2.75) is 32.6 Å². The van der Waals surface area contributed by atoms with Crippen LogP contribution in [0.4, 0.5) is 8.78 Å². The summed E-state index contributed by atoms with van der Waals surface area (Å²) in [6, 6.07) is 11.5. The monoisotopic (exact) mass is 548 g/mol. The Hall–Kier alpha value is -3.05. The van der Waals surface area contributed by atoms with Gasteiger partial charge in [-0.1, -0.05) is 13.1 Å². The number of hydrogen-bond acceptors (Lipinski definition) is 7. The van der Waals surface area contributed by atoms with E-state index in [0.717, 1.165) is 62.3 Å². The summed E-state index contributed by atoms with van der Waals surface area (Å²) in [6.45, 7) is 6.46. The fraction of sp³-hybridized carbons (Fsp3) is 0.333. The van der Waals surface area contributed by atoms with Gasteiger partial charge in [-0.25, -0.2) is 14.6 Å². The number of nitrogen functional groups attached to an aromatic ring is 1. The Bertz CT molecular complexity index is 1160. The van der Waals surface area contributed by atoms with E-state index in [0.29, 0.717) is 5.56 Å². The van der Waals surface area contributed by atoms with E-state index in [1.54, 1.807) is 19.2 Å². The first-order valence-corrected chi connectivity index (χ1v) is 11.6. The first-order valence-electron chi connectivity index (χ1n) is 11.6. The number of amides is 1. The van der Waals surface area contributed by atoms with Gasteiger partial charge < -0.3 is 14.6 Å². The summed E-state index contributed by atoms with van der Waals surface area (Å²) in [5.74, 6) is 6.49. The van der Waals surface area contributed by atoms with E-state index in [9.17, 15) is 13.6 Å². The van der Waals surface area contributed by atoms with Crippen molar-refractivity contribution in [2.75, 3.05) is 20.2 Å². The van der Waals surface area contributed by atoms with Gasteiger partial charge in [-0.15, -0.1) is 10.2 Å². The van der Waals surface area contributed by atoms with E-state index < -0.39 is 5.91 Å². The summed E-state index contributed by atoms with van der Waals surface area (Å²) in [6.07, 6.45) is 2.24. The summed E-state index contributed by atoms with van der Waals surface area (Å²) in [4.78, 5) is 15.0. The second-order valence-electron chi connectivity index (χ2n) is 8.33. The molecule has 0 saturated carbocycles. The molecule has 5 rings (SSSR count). The number of halogens is 2. The van der Waals surface area contributed by atoms with Crippen LogP contribution in [0.1, 0.15) is 16.2 Å². The van der Waals surface area contributed by atoms with Crippen molar-refractivity contribution in [3.8, 4) is 11.4 Å². The van der Waals surface area contributed by atoms with E-state index in [1.165, 1.54) is 42.7 Å². The van der Waals surface area contributed by atoms with Crippen molar-refractivity contribution in [2.24, 2.45) is 10.8 Å². The number of nitrogens with two attached hydrogens (primary N) is 1. The Balaban J connectivity index is 0.000000203. The molecular weight excluding hydrogens is 518 g/mol. The maximum absolute atomic E-state index is 12.8. The number of ether oxygens (including phenoxy) is 1. The maximum Gasteiger partial charge on any atom is 0.265 e. The maximum atomic E-state index is 12.8. The molecule has 0 fully saturated rings. The van der Waals surface area contributed by atoms with E-state index in [-0.39, 0.29) is 30.2 Å². The quantitative estimate of drug-likeness (QED) is 0.196. The van der Waals surface area contributed by atoms with Crippen molar-refractivity contribution in [1.82, 2.24) is 25.5 Å². The number of hydrazine groups is 1. The van der Waals surface area contributed by atoms with Crippen LogP contribution in [0.15, 0.2) is 53.5 Å². The SMILES string of the molecule is COC1=NCCB(C)C1.Fc1ccc(-c2nnc3n2CCNC3)cc1.NNC(=O)c1ccc(F)cc1.[V]. The zero-order valence-corrected chi connectivity index (χ0v) is 22.2. The third kappa shape index (κ3) is 9.08. The van der Waals surface area contributed by atoms with Gasteiger partial charge in [0.1, 0.15) is 24.2 Å². The van der Waals surface area contributed by atoms with Crippen LogP contribution < -0.4 is 16.6 Å². The molecule has 0 unspecified atom stereocenters. The zero-order valence-electron chi connectivity index (χ0n) is 20.8. The number of benzene rings is 2. The first-order chi connectivity index (χ1) is 17.4. The molecular formula is C24H30BF2N7O2V. The molecule has 1 aromatic heterocycles. The second-order valence-corrected chi connectivity index (χ2v) is 8.33. The zero-order chi connectivity index (χ0) is 25.9. The fourth-order valence-electron chi connectivity index (χ4n) is 3.61. The number of hydrogen-bond donors (Lipinski definition) is 3. The minimum atomic E-state index is -0.426. The molecule has 3 heterocycles. The number of carbonyl (C=O) groups is 1. The Morgan fingerprint density at radius 1 is 1.11 bits per heavy atom. The average molecular weight is 548 g/mol. The van der Waals surface area contributed by atoms with Crippen LogP contribution >= 0.6 is 0 Å². The van der Waals surface area contributed by atoms with Gasteiger partial charge in [-0.3, -0.25) is 15.2 Å². The standard InChI is InChI=1S/C11H11FN4.C7H7FN2O.C6H12BNO.V/c12-9-3-1-8(2-4-9)11-15-14-10-7-13-5-6-16(10)11;8-6-3-1-5(2-4-6)7(11)10-9;1-7-3-4-8-6(5-7)9-2;/h1-4,13H,5-7H2;1-4H,9H2,(H,10,11);3-5H2,1-2H3;. The van der Waals surface area contributed by atoms with Gasteiger partial charge in [0.2, 0.25) is 0 Å². The molecule has 0 aliphatic carbocycles. The Labute approximate surface area is 227 Å². The summed E-state index contributed by atoms with van der Waals surface area (Å²) in [7, 11) is 1.69. The van der Waals surface area contributed by atoms with Crippen molar-refractivity contribution in [3.63, 3.8) is 0 Å². The van der Waals surface area contributed by atoms with Gasteiger partial charge in [0, 0.05) is 55.6 Å². The molecule has 4 N–H and O–H groups in total. The smallest absolute Gasteiger partial charge is 0.265 e. The number of aliphatic imine (C=N–C) groups is 1. The molecule has 1 radical (unpaired) electrons. The van der Waals surface area contributed by atoms with Crippen LogP contribution in [0.25, 0.3) is 11.4 Å². The van der Waals surface area contributed by atoms with Gasteiger partial charge in [-0.2, -0.15) is 0 Å². The van der Waals surface area contributed by atoms with Gasteiger partial charge in [0.05, 0.1) is 13.7 Å². The number of rotatable bonds is 2. The average Bonchev–Trinajstić information content (AvgIpc) is 3.34. The minimum Gasteiger partial charge on any atom is -0.485 e. The van der Waals surface area contributed by atoms with Crippen molar-refractivity contribution >= 4 is 18.5 Å². The summed E-state index contributed by atoms with van der Waals surface area (Å²) < 4.78 is 32.2. The molecule has 3 aromatic rings. The fourth-order valence-corrected chi connectivity index (χ4v) is 3.61. The predicted octanol–water partition coefficient (Wildman–Crippen LogP) is 2.78. The number of fused-ring (bicyclic) bond motifs is 1. The van der Waals surface area contributed by atoms with E-state index >= 15 is 0 Å². The molecule has 2 aliphatic heterocycles. The van der Waals surface area contributed by atoms with Gasteiger partial charge >= 0.3 is 0 Å². The van der Waals surface area contributed by atoms with Crippen molar-refractivity contribution in [1.29, 1.82) is 0 Å². The molecule has 0 atom stereocenters. The number of methoxy groups -OCH3 is 1. The third-order valence-electron chi connectivity index (χ3n) is 5.63. The van der Waals surface area contributed by atoms with Crippen molar-refractivity contribution in [3.05, 3.63) is 71.6 Å². The second kappa shape index (κ2) is 15.3. The molecule has 2 aromatic carbocycles.